The van der Waals surface area contributed by atoms with Crippen LogP contribution in [0.15, 0.2) is 48.5 Å². The number of nitrogens with one attached hydrogen (secondary N) is 3. The van der Waals surface area contributed by atoms with E-state index in [4.69, 9.17) is 14.5 Å². The standard InChI is InChI=1S/C26H31N5O3/c1-31(2)22-16-25(30-21-6-4-3-5-20(21)22)27-17-7-9-18(10-8-17)28-26(32)29-19-11-12-23-24(15-19)34-14-13-33-23/h3-6,11-12,15-18H,7-10,13-14H2,1-2H3,(H,27,30)(H2,28,29,32)/t17-,18+. The van der Waals surface area contributed by atoms with Gasteiger partial charge in [0.25, 0.3) is 0 Å². The number of nitrogens with zero attached hydrogens (tertiary/aromatic N) is 2. The monoisotopic (exact) mass is 461 g/mol. The van der Waals surface area contributed by atoms with Crippen molar-refractivity contribution in [3.8, 4) is 11.5 Å². The van der Waals surface area contributed by atoms with Crippen molar-refractivity contribution in [1.82, 2.24) is 10.3 Å². The number of carbonyl (C=O) groups excluding carboxylic acids is 1. The Morgan fingerprint density at radius 2 is 1.68 bits per heavy atom. The molecule has 1 aromatic heterocycles. The van der Waals surface area contributed by atoms with Gasteiger partial charge in [-0.25, -0.2) is 9.78 Å². The van der Waals surface area contributed by atoms with Gasteiger partial charge in [-0.3, -0.25) is 0 Å². The molecule has 0 radical (unpaired) electrons. The van der Waals surface area contributed by atoms with Gasteiger partial charge in [0.15, 0.2) is 11.5 Å². The first-order chi connectivity index (χ1) is 16.5. The fraction of sp³-hybridized carbons (Fsp3) is 0.385. The maximum Gasteiger partial charge on any atom is 0.319 e. The number of hydrogen-bond donors (Lipinski definition) is 3. The maximum atomic E-state index is 12.5. The molecule has 8 heteroatoms. The first-order valence-corrected chi connectivity index (χ1v) is 11.9. The van der Waals surface area contributed by atoms with Gasteiger partial charge >= 0.3 is 6.03 Å². The van der Waals surface area contributed by atoms with Crippen LogP contribution in [0.5, 0.6) is 11.5 Å². The van der Waals surface area contributed by atoms with E-state index in [9.17, 15) is 4.79 Å². The number of anilines is 3. The zero-order valence-corrected chi connectivity index (χ0v) is 19.6. The van der Waals surface area contributed by atoms with E-state index < -0.39 is 0 Å². The van der Waals surface area contributed by atoms with Crippen molar-refractivity contribution in [3.63, 3.8) is 0 Å². The van der Waals surface area contributed by atoms with Crippen molar-refractivity contribution >= 4 is 34.1 Å². The summed E-state index contributed by atoms with van der Waals surface area (Å²) in [5.74, 6) is 2.27. The third kappa shape index (κ3) is 4.95. The molecule has 0 atom stereocenters. The maximum absolute atomic E-state index is 12.5. The fourth-order valence-corrected chi connectivity index (χ4v) is 4.67. The van der Waals surface area contributed by atoms with E-state index in [0.717, 1.165) is 48.1 Å². The van der Waals surface area contributed by atoms with Gasteiger partial charge in [-0.1, -0.05) is 18.2 Å². The van der Waals surface area contributed by atoms with Crippen LogP contribution < -0.4 is 30.3 Å². The summed E-state index contributed by atoms with van der Waals surface area (Å²) in [6, 6.07) is 16.1. The lowest BCUT2D eigenvalue weighted by Gasteiger charge is -2.30. The van der Waals surface area contributed by atoms with Crippen LogP contribution in [0.1, 0.15) is 25.7 Å². The summed E-state index contributed by atoms with van der Waals surface area (Å²) < 4.78 is 11.1. The number of amides is 2. The number of pyridine rings is 1. The summed E-state index contributed by atoms with van der Waals surface area (Å²) in [4.78, 5) is 19.5. The fourth-order valence-electron chi connectivity index (χ4n) is 4.67. The largest absolute Gasteiger partial charge is 0.486 e. The second-order valence-corrected chi connectivity index (χ2v) is 9.09. The van der Waals surface area contributed by atoms with Gasteiger partial charge in [0.1, 0.15) is 19.0 Å². The minimum Gasteiger partial charge on any atom is -0.486 e. The molecule has 1 fully saturated rings. The van der Waals surface area contributed by atoms with Crippen LogP contribution in [0, 0.1) is 0 Å². The summed E-state index contributed by atoms with van der Waals surface area (Å²) in [6.07, 6.45) is 3.78. The predicted molar refractivity (Wildman–Crippen MR) is 135 cm³/mol. The predicted octanol–water partition coefficient (Wildman–Crippen LogP) is 4.62. The Balaban J connectivity index is 1.14. The number of carbonyl (C=O) groups is 1. The van der Waals surface area contributed by atoms with Crippen LogP contribution >= 0.6 is 0 Å². The molecule has 1 aliphatic carbocycles. The average Bonchev–Trinajstić information content (AvgIpc) is 2.84. The Hall–Kier alpha value is -3.68. The quantitative estimate of drug-likeness (QED) is 0.514. The summed E-state index contributed by atoms with van der Waals surface area (Å²) in [5.41, 5.74) is 2.83. The normalized spacial score (nSPS) is 19.4. The van der Waals surface area contributed by atoms with E-state index in [2.05, 4.69) is 53.1 Å². The second-order valence-electron chi connectivity index (χ2n) is 9.09. The molecule has 2 amide bonds. The van der Waals surface area contributed by atoms with E-state index >= 15 is 0 Å². The number of ether oxygens (including phenoxy) is 2. The molecule has 1 aliphatic heterocycles. The molecular weight excluding hydrogens is 430 g/mol. The molecule has 1 saturated carbocycles. The minimum atomic E-state index is -0.195. The number of rotatable bonds is 5. The van der Waals surface area contributed by atoms with Crippen LogP contribution in [0.4, 0.5) is 22.0 Å². The smallest absolute Gasteiger partial charge is 0.319 e. The number of hydrogen-bond acceptors (Lipinski definition) is 6. The van der Waals surface area contributed by atoms with Gasteiger partial charge in [-0.05, 0) is 43.9 Å². The molecule has 3 N–H and O–H groups in total. The highest BCUT2D eigenvalue weighted by molar-refractivity contribution is 5.93. The highest BCUT2D eigenvalue weighted by Gasteiger charge is 2.23. The SMILES string of the molecule is CN(C)c1cc(N[C@H]2CC[C@@H](NC(=O)Nc3ccc4c(c3)OCCO4)CC2)nc2ccccc12. The molecule has 178 valence electrons. The van der Waals surface area contributed by atoms with Crippen molar-refractivity contribution in [1.29, 1.82) is 0 Å². The molecule has 0 spiro atoms. The van der Waals surface area contributed by atoms with Gasteiger partial charge < -0.3 is 30.3 Å². The van der Waals surface area contributed by atoms with Gasteiger partial charge in [-0.2, -0.15) is 0 Å². The van der Waals surface area contributed by atoms with E-state index in [1.54, 1.807) is 6.07 Å². The zero-order valence-electron chi connectivity index (χ0n) is 19.6. The number of aromatic nitrogens is 1. The molecule has 2 aromatic carbocycles. The van der Waals surface area contributed by atoms with Crippen LogP contribution in [0.3, 0.4) is 0 Å². The van der Waals surface area contributed by atoms with Gasteiger partial charge in [-0.15, -0.1) is 0 Å². The minimum absolute atomic E-state index is 0.150. The topological polar surface area (TPSA) is 87.8 Å². The highest BCUT2D eigenvalue weighted by Crippen LogP contribution is 2.33. The molecule has 0 saturated heterocycles. The molecule has 0 bridgehead atoms. The molecule has 3 aromatic rings. The van der Waals surface area contributed by atoms with Crippen LogP contribution in [0.2, 0.25) is 0 Å². The average molecular weight is 462 g/mol. The third-order valence-corrected chi connectivity index (χ3v) is 6.39. The summed E-state index contributed by atoms with van der Waals surface area (Å²) >= 11 is 0. The van der Waals surface area contributed by atoms with Crippen molar-refractivity contribution in [2.45, 2.75) is 37.8 Å². The number of benzene rings is 2. The van der Waals surface area contributed by atoms with E-state index in [1.807, 2.05) is 24.3 Å². The number of urea groups is 1. The van der Waals surface area contributed by atoms with E-state index in [1.165, 1.54) is 0 Å². The van der Waals surface area contributed by atoms with Gasteiger partial charge in [0.05, 0.1) is 5.52 Å². The molecule has 2 heterocycles. The first kappa shape index (κ1) is 22.1. The number of para-hydroxylation sites is 1. The molecule has 0 unspecified atom stereocenters. The Kier molecular flexibility index (Phi) is 6.29. The van der Waals surface area contributed by atoms with Crippen molar-refractivity contribution in [3.05, 3.63) is 48.5 Å². The molecule has 34 heavy (non-hydrogen) atoms. The molecule has 5 rings (SSSR count). The van der Waals surface area contributed by atoms with Gasteiger partial charge in [0, 0.05) is 55.1 Å². The molecule has 2 aliphatic rings. The Morgan fingerprint density at radius 1 is 0.941 bits per heavy atom. The lowest BCUT2D eigenvalue weighted by Crippen LogP contribution is -2.42. The Bertz CT molecular complexity index is 1170. The summed E-state index contributed by atoms with van der Waals surface area (Å²) in [6.45, 7) is 1.07. The van der Waals surface area contributed by atoms with E-state index in [0.29, 0.717) is 36.4 Å². The second kappa shape index (κ2) is 9.67. The molecular formula is C26H31N5O3. The third-order valence-electron chi connectivity index (χ3n) is 6.39. The van der Waals surface area contributed by atoms with Crippen LogP contribution in [-0.2, 0) is 0 Å². The Labute approximate surface area is 199 Å². The summed E-state index contributed by atoms with van der Waals surface area (Å²) in [5, 5.41) is 10.8. The number of fused-ring (bicyclic) bond motifs is 2. The lowest BCUT2D eigenvalue weighted by atomic mass is 9.91. The summed E-state index contributed by atoms with van der Waals surface area (Å²) in [7, 11) is 4.11. The lowest BCUT2D eigenvalue weighted by molar-refractivity contribution is 0.171. The van der Waals surface area contributed by atoms with E-state index in [-0.39, 0.29) is 12.1 Å². The zero-order chi connectivity index (χ0) is 23.5. The Morgan fingerprint density at radius 3 is 2.47 bits per heavy atom. The van der Waals surface area contributed by atoms with Gasteiger partial charge in [0.2, 0.25) is 0 Å². The van der Waals surface area contributed by atoms with Crippen molar-refractivity contribution < 1.29 is 14.3 Å². The van der Waals surface area contributed by atoms with Crippen LogP contribution in [0.25, 0.3) is 10.9 Å². The van der Waals surface area contributed by atoms with Crippen molar-refractivity contribution in [2.75, 3.05) is 42.8 Å². The first-order valence-electron chi connectivity index (χ1n) is 11.9. The van der Waals surface area contributed by atoms with Crippen LogP contribution in [-0.4, -0.2) is 50.4 Å². The highest BCUT2D eigenvalue weighted by atomic mass is 16.6. The molecule has 8 nitrogen and oxygen atoms in total. The van der Waals surface area contributed by atoms with Crippen molar-refractivity contribution in [2.24, 2.45) is 0 Å².